The largest absolute Gasteiger partial charge is 0.373 e. The van der Waals surface area contributed by atoms with E-state index in [0.717, 1.165) is 19.7 Å². The highest BCUT2D eigenvalue weighted by Crippen LogP contribution is 2.11. The average molecular weight is 187 g/mol. The standard InChI is InChI=1S/C10H21NO2/c1-8(2)13-9(3)10-7-11(4)5-6-12-10/h8-10H,5-7H2,1-4H3. The van der Waals surface area contributed by atoms with Gasteiger partial charge in [0.2, 0.25) is 0 Å². The molecule has 1 saturated heterocycles. The van der Waals surface area contributed by atoms with E-state index < -0.39 is 0 Å². The molecule has 13 heavy (non-hydrogen) atoms. The van der Waals surface area contributed by atoms with Gasteiger partial charge >= 0.3 is 0 Å². The van der Waals surface area contributed by atoms with Crippen LogP contribution in [0.5, 0.6) is 0 Å². The lowest BCUT2D eigenvalue weighted by Gasteiger charge is -2.34. The lowest BCUT2D eigenvalue weighted by molar-refractivity contribution is -0.114. The van der Waals surface area contributed by atoms with Crippen LogP contribution in [0.25, 0.3) is 0 Å². The zero-order valence-electron chi connectivity index (χ0n) is 9.12. The highest BCUT2D eigenvalue weighted by Gasteiger charge is 2.24. The SMILES string of the molecule is CC(C)OC(C)C1CN(C)CCO1. The molecule has 0 aromatic rings. The first kappa shape index (κ1) is 11.0. The van der Waals surface area contributed by atoms with Crippen LogP contribution in [0, 0.1) is 0 Å². The van der Waals surface area contributed by atoms with Crippen LogP contribution >= 0.6 is 0 Å². The first-order valence-electron chi connectivity index (χ1n) is 5.05. The molecule has 0 aromatic carbocycles. The Hall–Kier alpha value is -0.120. The molecular weight excluding hydrogens is 166 g/mol. The molecule has 0 bridgehead atoms. The topological polar surface area (TPSA) is 21.7 Å². The van der Waals surface area contributed by atoms with Crippen molar-refractivity contribution in [2.24, 2.45) is 0 Å². The molecule has 2 unspecified atom stereocenters. The smallest absolute Gasteiger partial charge is 0.0961 e. The maximum absolute atomic E-state index is 5.69. The Balaban J connectivity index is 2.32. The van der Waals surface area contributed by atoms with Crippen molar-refractivity contribution in [2.75, 3.05) is 26.7 Å². The van der Waals surface area contributed by atoms with Gasteiger partial charge in [-0.15, -0.1) is 0 Å². The maximum Gasteiger partial charge on any atom is 0.0961 e. The molecule has 78 valence electrons. The zero-order chi connectivity index (χ0) is 9.84. The monoisotopic (exact) mass is 187 g/mol. The van der Waals surface area contributed by atoms with Gasteiger partial charge in [-0.2, -0.15) is 0 Å². The van der Waals surface area contributed by atoms with Gasteiger partial charge in [0.05, 0.1) is 24.9 Å². The molecule has 0 aromatic heterocycles. The molecule has 1 aliphatic rings. The fraction of sp³-hybridized carbons (Fsp3) is 1.00. The van der Waals surface area contributed by atoms with Crippen LogP contribution in [0.15, 0.2) is 0 Å². The van der Waals surface area contributed by atoms with E-state index in [9.17, 15) is 0 Å². The minimum atomic E-state index is 0.197. The second-order valence-corrected chi connectivity index (χ2v) is 4.06. The van der Waals surface area contributed by atoms with Crippen LogP contribution < -0.4 is 0 Å². The highest BCUT2D eigenvalue weighted by atomic mass is 16.5. The van der Waals surface area contributed by atoms with Gasteiger partial charge in [0, 0.05) is 13.1 Å². The van der Waals surface area contributed by atoms with Crippen LogP contribution in [0.2, 0.25) is 0 Å². The van der Waals surface area contributed by atoms with Gasteiger partial charge in [-0.05, 0) is 27.8 Å². The number of nitrogens with zero attached hydrogens (tertiary/aromatic N) is 1. The van der Waals surface area contributed by atoms with Crippen LogP contribution in [0.1, 0.15) is 20.8 Å². The van der Waals surface area contributed by atoms with Crippen molar-refractivity contribution < 1.29 is 9.47 Å². The molecule has 0 spiro atoms. The van der Waals surface area contributed by atoms with E-state index >= 15 is 0 Å². The Morgan fingerprint density at radius 3 is 2.62 bits per heavy atom. The van der Waals surface area contributed by atoms with Crippen LogP contribution in [0.3, 0.4) is 0 Å². The van der Waals surface area contributed by atoms with Gasteiger partial charge in [0.25, 0.3) is 0 Å². The lowest BCUT2D eigenvalue weighted by Crippen LogP contribution is -2.46. The summed E-state index contributed by atoms with van der Waals surface area (Å²) in [4.78, 5) is 2.29. The highest BCUT2D eigenvalue weighted by molar-refractivity contribution is 4.74. The fourth-order valence-corrected chi connectivity index (χ4v) is 1.61. The Kier molecular flexibility index (Phi) is 4.16. The fourth-order valence-electron chi connectivity index (χ4n) is 1.61. The van der Waals surface area contributed by atoms with Crippen molar-refractivity contribution in [1.82, 2.24) is 4.90 Å². The van der Waals surface area contributed by atoms with E-state index in [2.05, 4.69) is 32.7 Å². The van der Waals surface area contributed by atoms with Crippen molar-refractivity contribution in [3.8, 4) is 0 Å². The van der Waals surface area contributed by atoms with Crippen molar-refractivity contribution in [3.63, 3.8) is 0 Å². The summed E-state index contributed by atoms with van der Waals surface area (Å²) >= 11 is 0. The van der Waals surface area contributed by atoms with Gasteiger partial charge in [-0.1, -0.05) is 0 Å². The second-order valence-electron chi connectivity index (χ2n) is 4.06. The lowest BCUT2D eigenvalue weighted by atomic mass is 10.2. The van der Waals surface area contributed by atoms with E-state index in [0.29, 0.717) is 0 Å². The van der Waals surface area contributed by atoms with E-state index in [4.69, 9.17) is 9.47 Å². The second kappa shape index (κ2) is 4.94. The first-order chi connectivity index (χ1) is 6.09. The molecule has 0 radical (unpaired) electrons. The molecule has 1 fully saturated rings. The minimum Gasteiger partial charge on any atom is -0.373 e. The predicted molar refractivity (Wildman–Crippen MR) is 52.9 cm³/mol. The summed E-state index contributed by atoms with van der Waals surface area (Å²) < 4.78 is 11.3. The molecule has 2 atom stereocenters. The number of rotatable bonds is 3. The molecule has 1 aliphatic heterocycles. The molecule has 0 aliphatic carbocycles. The molecule has 1 heterocycles. The first-order valence-corrected chi connectivity index (χ1v) is 5.05. The van der Waals surface area contributed by atoms with E-state index in [1.165, 1.54) is 0 Å². The predicted octanol–water partition coefficient (Wildman–Crippen LogP) is 1.13. The molecule has 1 rings (SSSR count). The Labute approximate surface area is 81.0 Å². The summed E-state index contributed by atoms with van der Waals surface area (Å²) in [7, 11) is 2.12. The van der Waals surface area contributed by atoms with Crippen molar-refractivity contribution >= 4 is 0 Å². The summed E-state index contributed by atoms with van der Waals surface area (Å²) in [6.45, 7) is 9.04. The normalized spacial score (nSPS) is 27.9. The van der Waals surface area contributed by atoms with Gasteiger partial charge in [-0.3, -0.25) is 0 Å². The Morgan fingerprint density at radius 2 is 2.08 bits per heavy atom. The van der Waals surface area contributed by atoms with Crippen LogP contribution in [0.4, 0.5) is 0 Å². The van der Waals surface area contributed by atoms with Crippen molar-refractivity contribution in [1.29, 1.82) is 0 Å². The summed E-state index contributed by atoms with van der Waals surface area (Å²) in [6, 6.07) is 0. The minimum absolute atomic E-state index is 0.197. The van der Waals surface area contributed by atoms with Gasteiger partial charge in [-0.25, -0.2) is 0 Å². The van der Waals surface area contributed by atoms with E-state index in [1.807, 2.05) is 0 Å². The zero-order valence-corrected chi connectivity index (χ0v) is 9.12. The molecule has 0 N–H and O–H groups in total. The molecular formula is C10H21NO2. The average Bonchev–Trinajstić information content (AvgIpc) is 2.03. The number of hydrogen-bond donors (Lipinski definition) is 0. The Morgan fingerprint density at radius 1 is 1.38 bits per heavy atom. The number of likely N-dealkylation sites (N-methyl/N-ethyl adjacent to an activating group) is 1. The van der Waals surface area contributed by atoms with Crippen LogP contribution in [-0.2, 0) is 9.47 Å². The van der Waals surface area contributed by atoms with Crippen molar-refractivity contribution in [2.45, 2.75) is 39.1 Å². The summed E-state index contributed by atoms with van der Waals surface area (Å²) in [5, 5.41) is 0. The maximum atomic E-state index is 5.69. The molecule has 0 saturated carbocycles. The molecule has 0 amide bonds. The summed E-state index contributed by atoms with van der Waals surface area (Å²) in [6.07, 6.45) is 0.717. The summed E-state index contributed by atoms with van der Waals surface area (Å²) in [5.74, 6) is 0. The third-order valence-electron chi connectivity index (χ3n) is 2.31. The van der Waals surface area contributed by atoms with Gasteiger partial charge in [0.15, 0.2) is 0 Å². The third-order valence-corrected chi connectivity index (χ3v) is 2.31. The van der Waals surface area contributed by atoms with E-state index in [1.54, 1.807) is 0 Å². The van der Waals surface area contributed by atoms with Crippen LogP contribution in [-0.4, -0.2) is 50.0 Å². The van der Waals surface area contributed by atoms with Gasteiger partial charge < -0.3 is 14.4 Å². The summed E-state index contributed by atoms with van der Waals surface area (Å²) in [5.41, 5.74) is 0. The Bertz CT molecular complexity index is 150. The number of hydrogen-bond acceptors (Lipinski definition) is 3. The molecule has 3 nitrogen and oxygen atoms in total. The van der Waals surface area contributed by atoms with Crippen molar-refractivity contribution in [3.05, 3.63) is 0 Å². The third kappa shape index (κ3) is 3.63. The molecule has 3 heteroatoms. The van der Waals surface area contributed by atoms with E-state index in [-0.39, 0.29) is 18.3 Å². The van der Waals surface area contributed by atoms with Gasteiger partial charge in [0.1, 0.15) is 0 Å². The number of ether oxygens (including phenoxy) is 2. The number of morpholine rings is 1. The quantitative estimate of drug-likeness (QED) is 0.661.